The van der Waals surface area contributed by atoms with E-state index >= 15 is 0 Å². The maximum atomic E-state index is 12.7. The van der Waals surface area contributed by atoms with E-state index in [0.717, 1.165) is 21.9 Å². The molecule has 0 saturated carbocycles. The molecule has 2 heterocycles. The lowest BCUT2D eigenvalue weighted by Gasteiger charge is -2.08. The van der Waals surface area contributed by atoms with Gasteiger partial charge in [0.05, 0.1) is 0 Å². The summed E-state index contributed by atoms with van der Waals surface area (Å²) in [5.41, 5.74) is 3.50. The molecule has 4 aromatic carbocycles. The van der Waals surface area contributed by atoms with Crippen LogP contribution in [0.2, 0.25) is 10.0 Å². The molecule has 0 spiro atoms. The standard InChI is InChI=1S/C29H17Cl2N3O3S/c30-17-5-1-4-16(14-17)24-12-13-26(36-24)27(35)34-29(38)32-18-10-11-25-23(15-18)33-28(37-25)21-8-2-7-20-19(21)6-3-9-22(20)31/h1-15H,(H2,32,34,35,38). The maximum Gasteiger partial charge on any atom is 0.293 e. The number of halogens is 2. The van der Waals surface area contributed by atoms with Crippen molar-refractivity contribution in [1.29, 1.82) is 0 Å². The Labute approximate surface area is 232 Å². The second-order valence-corrected chi connectivity index (χ2v) is 9.68. The molecule has 38 heavy (non-hydrogen) atoms. The van der Waals surface area contributed by atoms with Gasteiger partial charge in [-0.05, 0) is 72.2 Å². The summed E-state index contributed by atoms with van der Waals surface area (Å²) in [6.45, 7) is 0. The molecule has 0 saturated heterocycles. The lowest BCUT2D eigenvalue weighted by atomic mass is 10.0. The van der Waals surface area contributed by atoms with E-state index in [2.05, 4.69) is 15.6 Å². The molecular formula is C29H17Cl2N3O3S. The van der Waals surface area contributed by atoms with Crippen LogP contribution in [0.4, 0.5) is 5.69 Å². The van der Waals surface area contributed by atoms with Gasteiger partial charge in [0.2, 0.25) is 5.89 Å². The lowest BCUT2D eigenvalue weighted by molar-refractivity contribution is 0.0951. The minimum absolute atomic E-state index is 0.113. The molecule has 2 N–H and O–H groups in total. The number of amides is 1. The SMILES string of the molecule is O=C(NC(=S)Nc1ccc2oc(-c3cccc4c(Cl)cccc34)nc2c1)c1ccc(-c2cccc(Cl)c2)o1. The summed E-state index contributed by atoms with van der Waals surface area (Å²) in [4.78, 5) is 17.3. The highest BCUT2D eigenvalue weighted by Gasteiger charge is 2.16. The largest absolute Gasteiger partial charge is 0.451 e. The van der Waals surface area contributed by atoms with Crippen molar-refractivity contribution in [2.24, 2.45) is 0 Å². The monoisotopic (exact) mass is 557 g/mol. The first kappa shape index (κ1) is 24.2. The zero-order valence-electron chi connectivity index (χ0n) is 19.5. The summed E-state index contributed by atoms with van der Waals surface area (Å²) < 4.78 is 11.7. The third-order valence-corrected chi connectivity index (χ3v) is 6.68. The van der Waals surface area contributed by atoms with Crippen LogP contribution in [0.5, 0.6) is 0 Å². The van der Waals surface area contributed by atoms with Gasteiger partial charge in [-0.15, -0.1) is 0 Å². The normalized spacial score (nSPS) is 11.1. The molecule has 9 heteroatoms. The molecule has 0 aliphatic carbocycles. The average Bonchev–Trinajstić information content (AvgIpc) is 3.56. The third kappa shape index (κ3) is 4.75. The fourth-order valence-electron chi connectivity index (χ4n) is 4.16. The van der Waals surface area contributed by atoms with Gasteiger partial charge < -0.3 is 14.2 Å². The summed E-state index contributed by atoms with van der Waals surface area (Å²) >= 11 is 17.7. The smallest absolute Gasteiger partial charge is 0.293 e. The third-order valence-electron chi connectivity index (χ3n) is 5.91. The van der Waals surface area contributed by atoms with Crippen LogP contribution in [0.3, 0.4) is 0 Å². The Kier molecular flexibility index (Phi) is 6.33. The molecule has 1 amide bonds. The zero-order valence-corrected chi connectivity index (χ0v) is 21.8. The number of hydrogen-bond donors (Lipinski definition) is 2. The van der Waals surface area contributed by atoms with Crippen molar-refractivity contribution in [3.63, 3.8) is 0 Å². The van der Waals surface area contributed by atoms with E-state index in [1.54, 1.807) is 42.5 Å². The molecule has 2 aromatic heterocycles. The molecule has 0 fully saturated rings. The highest BCUT2D eigenvalue weighted by atomic mass is 35.5. The fraction of sp³-hybridized carbons (Fsp3) is 0. The number of carbonyl (C=O) groups excluding carboxylic acids is 1. The first-order chi connectivity index (χ1) is 18.4. The summed E-state index contributed by atoms with van der Waals surface area (Å²) in [7, 11) is 0. The van der Waals surface area contributed by atoms with Crippen LogP contribution in [0.25, 0.3) is 44.7 Å². The number of rotatable bonds is 4. The number of nitrogens with one attached hydrogen (secondary N) is 2. The van der Waals surface area contributed by atoms with Crippen LogP contribution >= 0.6 is 35.4 Å². The molecule has 0 atom stereocenters. The quantitative estimate of drug-likeness (QED) is 0.212. The number of fused-ring (bicyclic) bond motifs is 2. The van der Waals surface area contributed by atoms with Gasteiger partial charge in [-0.2, -0.15) is 0 Å². The van der Waals surface area contributed by atoms with E-state index in [1.165, 1.54) is 0 Å². The number of furan rings is 1. The molecule has 186 valence electrons. The molecule has 0 aliphatic heterocycles. The molecule has 0 bridgehead atoms. The number of anilines is 1. The van der Waals surface area contributed by atoms with E-state index in [4.69, 9.17) is 44.3 Å². The number of aromatic nitrogens is 1. The molecule has 6 nitrogen and oxygen atoms in total. The van der Waals surface area contributed by atoms with E-state index in [0.29, 0.717) is 38.5 Å². The highest BCUT2D eigenvalue weighted by Crippen LogP contribution is 2.34. The molecule has 6 rings (SSSR count). The summed E-state index contributed by atoms with van der Waals surface area (Å²) in [5.74, 6) is 0.651. The van der Waals surface area contributed by atoms with Crippen LogP contribution in [0, 0.1) is 0 Å². The van der Waals surface area contributed by atoms with Gasteiger partial charge in [0, 0.05) is 32.2 Å². The van der Waals surface area contributed by atoms with E-state index in [-0.39, 0.29) is 10.9 Å². The number of benzene rings is 4. The predicted molar refractivity (Wildman–Crippen MR) is 155 cm³/mol. The average molecular weight is 558 g/mol. The summed E-state index contributed by atoms with van der Waals surface area (Å²) in [6.07, 6.45) is 0. The van der Waals surface area contributed by atoms with Gasteiger partial charge >= 0.3 is 0 Å². The van der Waals surface area contributed by atoms with Crippen LogP contribution in [-0.4, -0.2) is 16.0 Å². The Balaban J connectivity index is 1.18. The van der Waals surface area contributed by atoms with Gasteiger partial charge in [0.1, 0.15) is 11.3 Å². The van der Waals surface area contributed by atoms with Crippen molar-refractivity contribution in [3.05, 3.63) is 107 Å². The number of carbonyl (C=O) groups is 1. The minimum Gasteiger partial charge on any atom is -0.451 e. The second kappa shape index (κ2) is 9.95. The van der Waals surface area contributed by atoms with Crippen LogP contribution < -0.4 is 10.6 Å². The number of hydrogen-bond acceptors (Lipinski definition) is 5. The first-order valence-corrected chi connectivity index (χ1v) is 12.7. The predicted octanol–water partition coefficient (Wildman–Crippen LogP) is 8.34. The van der Waals surface area contributed by atoms with Crippen molar-refractivity contribution in [3.8, 4) is 22.8 Å². The van der Waals surface area contributed by atoms with Crippen LogP contribution in [0.15, 0.2) is 99.8 Å². The Bertz CT molecular complexity index is 1860. The molecule has 6 aromatic rings. The minimum atomic E-state index is -0.477. The Morgan fingerprint density at radius 3 is 2.53 bits per heavy atom. The highest BCUT2D eigenvalue weighted by molar-refractivity contribution is 7.80. The van der Waals surface area contributed by atoms with Gasteiger partial charge in [-0.1, -0.05) is 59.6 Å². The number of oxazole rings is 1. The molecule has 0 aliphatic rings. The van der Waals surface area contributed by atoms with Gasteiger partial charge in [0.15, 0.2) is 16.5 Å². The van der Waals surface area contributed by atoms with Crippen LogP contribution in [0.1, 0.15) is 10.6 Å². The number of nitrogens with zero attached hydrogens (tertiary/aromatic N) is 1. The molecular weight excluding hydrogens is 541 g/mol. The van der Waals surface area contributed by atoms with Crippen molar-refractivity contribution in [1.82, 2.24) is 10.3 Å². The summed E-state index contributed by atoms with van der Waals surface area (Å²) in [5, 5.41) is 8.87. The fourth-order valence-corrected chi connectivity index (χ4v) is 4.80. The molecule has 0 radical (unpaired) electrons. The summed E-state index contributed by atoms with van der Waals surface area (Å²) in [6, 6.07) is 27.4. The maximum absolute atomic E-state index is 12.7. The molecule has 0 unspecified atom stereocenters. The van der Waals surface area contributed by atoms with Gasteiger partial charge in [0.25, 0.3) is 5.91 Å². The Morgan fingerprint density at radius 2 is 1.66 bits per heavy atom. The Hall–Kier alpha value is -4.17. The van der Waals surface area contributed by atoms with Gasteiger partial charge in [-0.25, -0.2) is 4.98 Å². The van der Waals surface area contributed by atoms with E-state index < -0.39 is 5.91 Å². The lowest BCUT2D eigenvalue weighted by Crippen LogP contribution is -2.33. The van der Waals surface area contributed by atoms with E-state index in [1.807, 2.05) is 48.5 Å². The van der Waals surface area contributed by atoms with E-state index in [9.17, 15) is 4.79 Å². The van der Waals surface area contributed by atoms with Crippen molar-refractivity contribution in [2.75, 3.05) is 5.32 Å². The van der Waals surface area contributed by atoms with Crippen molar-refractivity contribution >= 4 is 74.0 Å². The van der Waals surface area contributed by atoms with Gasteiger partial charge in [-0.3, -0.25) is 10.1 Å². The second-order valence-electron chi connectivity index (χ2n) is 8.42. The Morgan fingerprint density at radius 1 is 0.842 bits per heavy atom. The number of thiocarbonyl (C=S) groups is 1. The topological polar surface area (TPSA) is 80.3 Å². The zero-order chi connectivity index (χ0) is 26.2. The van der Waals surface area contributed by atoms with Crippen molar-refractivity contribution < 1.29 is 13.6 Å². The van der Waals surface area contributed by atoms with Crippen LogP contribution in [-0.2, 0) is 0 Å². The first-order valence-electron chi connectivity index (χ1n) is 11.5. The van der Waals surface area contributed by atoms with Crippen molar-refractivity contribution in [2.45, 2.75) is 0 Å².